The van der Waals surface area contributed by atoms with Crippen LogP contribution in [0, 0.1) is 6.92 Å². The van der Waals surface area contributed by atoms with Crippen molar-refractivity contribution in [3.05, 3.63) is 23.3 Å². The summed E-state index contributed by atoms with van der Waals surface area (Å²) in [5, 5.41) is 0. The second-order valence-corrected chi connectivity index (χ2v) is 4.89. The molecule has 2 nitrogen and oxygen atoms in total. The first-order valence-electron chi connectivity index (χ1n) is 5.56. The van der Waals surface area contributed by atoms with Crippen LogP contribution in [0.3, 0.4) is 0 Å². The fraction of sp³-hybridized carbons (Fsp3) is 0.538. The van der Waals surface area contributed by atoms with E-state index >= 15 is 0 Å². The highest BCUT2D eigenvalue weighted by Gasteiger charge is 2.13. The fourth-order valence-electron chi connectivity index (χ4n) is 1.86. The normalized spacial score (nSPS) is 12.6. The van der Waals surface area contributed by atoms with Crippen molar-refractivity contribution >= 4 is 11.8 Å². The second kappa shape index (κ2) is 6.16. The first kappa shape index (κ1) is 13.4. The third-order valence-corrected chi connectivity index (χ3v) is 3.76. The molecule has 90 valence electrons. The average molecular weight is 239 g/mol. The van der Waals surface area contributed by atoms with Gasteiger partial charge in [0.25, 0.3) is 0 Å². The molecule has 1 unspecified atom stereocenters. The molecular weight excluding hydrogens is 218 g/mol. The number of benzene rings is 1. The number of rotatable bonds is 5. The predicted octanol–water partition coefficient (Wildman–Crippen LogP) is 3.18. The lowest BCUT2D eigenvalue weighted by molar-refractivity contribution is 0.404. The van der Waals surface area contributed by atoms with Gasteiger partial charge in [-0.25, -0.2) is 0 Å². The molecule has 1 aromatic rings. The van der Waals surface area contributed by atoms with Gasteiger partial charge in [0.05, 0.1) is 7.11 Å². The Morgan fingerprint density at radius 3 is 2.62 bits per heavy atom. The van der Waals surface area contributed by atoms with Crippen LogP contribution in [0.15, 0.2) is 17.0 Å². The summed E-state index contributed by atoms with van der Waals surface area (Å²) in [6.07, 6.45) is 3.10. The van der Waals surface area contributed by atoms with E-state index in [1.165, 1.54) is 16.0 Å². The van der Waals surface area contributed by atoms with Crippen molar-refractivity contribution in [3.63, 3.8) is 0 Å². The summed E-state index contributed by atoms with van der Waals surface area (Å²) in [6, 6.07) is 4.35. The molecule has 0 radical (unpaired) electrons. The third-order valence-electron chi connectivity index (χ3n) is 2.88. The number of methoxy groups -OCH3 is 1. The molecule has 0 saturated heterocycles. The molecule has 1 aromatic carbocycles. The van der Waals surface area contributed by atoms with E-state index in [1.54, 1.807) is 18.9 Å². The van der Waals surface area contributed by atoms with E-state index in [0.717, 1.165) is 12.2 Å². The molecule has 0 aliphatic heterocycles. The number of nitrogens with two attached hydrogens (primary N) is 1. The van der Waals surface area contributed by atoms with Gasteiger partial charge in [0.1, 0.15) is 5.75 Å². The summed E-state index contributed by atoms with van der Waals surface area (Å²) < 4.78 is 5.44. The maximum Gasteiger partial charge on any atom is 0.122 e. The molecule has 0 heterocycles. The molecule has 0 aromatic heterocycles. The van der Waals surface area contributed by atoms with Gasteiger partial charge in [-0.1, -0.05) is 6.92 Å². The van der Waals surface area contributed by atoms with E-state index in [9.17, 15) is 0 Å². The Labute approximate surface area is 103 Å². The monoisotopic (exact) mass is 239 g/mol. The Balaban J connectivity index is 3.13. The maximum absolute atomic E-state index is 5.61. The number of hydrogen-bond donors (Lipinski definition) is 1. The second-order valence-electron chi connectivity index (χ2n) is 4.04. The van der Waals surface area contributed by atoms with E-state index in [-0.39, 0.29) is 0 Å². The fourth-order valence-corrected chi connectivity index (χ4v) is 2.49. The van der Waals surface area contributed by atoms with Crippen LogP contribution >= 0.6 is 11.8 Å². The lowest BCUT2D eigenvalue weighted by Crippen LogP contribution is -2.06. The van der Waals surface area contributed by atoms with Crippen molar-refractivity contribution in [2.75, 3.05) is 19.9 Å². The van der Waals surface area contributed by atoms with Crippen LogP contribution in [0.5, 0.6) is 5.75 Å². The number of thioether (sulfide) groups is 1. The van der Waals surface area contributed by atoms with Crippen molar-refractivity contribution in [1.29, 1.82) is 0 Å². The van der Waals surface area contributed by atoms with E-state index < -0.39 is 0 Å². The Morgan fingerprint density at radius 1 is 1.44 bits per heavy atom. The van der Waals surface area contributed by atoms with E-state index in [1.807, 2.05) is 0 Å². The van der Waals surface area contributed by atoms with Gasteiger partial charge in [-0.15, -0.1) is 11.8 Å². The number of ether oxygens (including phenoxy) is 1. The Morgan fingerprint density at radius 2 is 2.12 bits per heavy atom. The number of aryl methyl sites for hydroxylation is 1. The van der Waals surface area contributed by atoms with Crippen molar-refractivity contribution in [2.45, 2.75) is 31.1 Å². The van der Waals surface area contributed by atoms with Crippen LogP contribution < -0.4 is 10.5 Å². The molecule has 0 aliphatic rings. The van der Waals surface area contributed by atoms with Gasteiger partial charge in [0.15, 0.2) is 0 Å². The zero-order chi connectivity index (χ0) is 12.1. The van der Waals surface area contributed by atoms with E-state index in [4.69, 9.17) is 10.5 Å². The van der Waals surface area contributed by atoms with Gasteiger partial charge in [-0.3, -0.25) is 0 Å². The van der Waals surface area contributed by atoms with Crippen LogP contribution in [0.1, 0.15) is 30.4 Å². The standard InChI is InChI=1S/C13H21NOS/c1-9(5-6-14)11-8-13(16-4)10(2)7-12(11)15-3/h7-9H,5-6,14H2,1-4H3. The molecular formula is C13H21NOS. The third kappa shape index (κ3) is 2.92. The summed E-state index contributed by atoms with van der Waals surface area (Å²) in [4.78, 5) is 1.32. The average Bonchev–Trinajstić information content (AvgIpc) is 2.28. The highest BCUT2D eigenvalue weighted by atomic mass is 32.2. The summed E-state index contributed by atoms with van der Waals surface area (Å²) >= 11 is 1.78. The smallest absolute Gasteiger partial charge is 0.122 e. The van der Waals surface area contributed by atoms with Crippen molar-refractivity contribution in [1.82, 2.24) is 0 Å². The molecule has 0 amide bonds. The molecule has 1 rings (SSSR count). The zero-order valence-electron chi connectivity index (χ0n) is 10.5. The van der Waals surface area contributed by atoms with Crippen molar-refractivity contribution in [2.24, 2.45) is 5.73 Å². The van der Waals surface area contributed by atoms with Gasteiger partial charge in [-0.05, 0) is 55.3 Å². The van der Waals surface area contributed by atoms with Crippen LogP contribution in [0.2, 0.25) is 0 Å². The van der Waals surface area contributed by atoms with Crippen LogP contribution in [-0.2, 0) is 0 Å². The van der Waals surface area contributed by atoms with Crippen LogP contribution in [-0.4, -0.2) is 19.9 Å². The lowest BCUT2D eigenvalue weighted by atomic mass is 9.96. The summed E-state index contributed by atoms with van der Waals surface area (Å²) in [5.74, 6) is 1.43. The molecule has 16 heavy (non-hydrogen) atoms. The molecule has 2 N–H and O–H groups in total. The topological polar surface area (TPSA) is 35.2 Å². The first-order valence-corrected chi connectivity index (χ1v) is 6.79. The largest absolute Gasteiger partial charge is 0.496 e. The van der Waals surface area contributed by atoms with Gasteiger partial charge in [-0.2, -0.15) is 0 Å². The molecule has 0 aliphatic carbocycles. The Kier molecular flexibility index (Phi) is 5.16. The Hall–Kier alpha value is -0.670. The van der Waals surface area contributed by atoms with E-state index in [0.29, 0.717) is 12.5 Å². The highest BCUT2D eigenvalue weighted by molar-refractivity contribution is 7.98. The SMILES string of the molecule is COc1cc(C)c(SC)cc1C(C)CCN. The predicted molar refractivity (Wildman–Crippen MR) is 71.6 cm³/mol. The van der Waals surface area contributed by atoms with Gasteiger partial charge in [0, 0.05) is 4.90 Å². The van der Waals surface area contributed by atoms with Gasteiger partial charge < -0.3 is 10.5 Å². The summed E-state index contributed by atoms with van der Waals surface area (Å²) in [7, 11) is 1.73. The van der Waals surface area contributed by atoms with E-state index in [2.05, 4.69) is 32.2 Å². The molecule has 0 bridgehead atoms. The van der Waals surface area contributed by atoms with Crippen molar-refractivity contribution < 1.29 is 4.74 Å². The molecule has 0 saturated carbocycles. The lowest BCUT2D eigenvalue weighted by Gasteiger charge is -2.17. The van der Waals surface area contributed by atoms with Gasteiger partial charge >= 0.3 is 0 Å². The highest BCUT2D eigenvalue weighted by Crippen LogP contribution is 2.34. The minimum atomic E-state index is 0.450. The summed E-state index contributed by atoms with van der Waals surface area (Å²) in [6.45, 7) is 5.03. The quantitative estimate of drug-likeness (QED) is 0.802. The summed E-state index contributed by atoms with van der Waals surface area (Å²) in [5.41, 5.74) is 8.15. The Bertz CT molecular complexity index is 352. The number of hydrogen-bond acceptors (Lipinski definition) is 3. The van der Waals surface area contributed by atoms with Crippen molar-refractivity contribution in [3.8, 4) is 5.75 Å². The van der Waals surface area contributed by atoms with Crippen LogP contribution in [0.25, 0.3) is 0 Å². The molecule has 1 atom stereocenters. The molecule has 3 heteroatoms. The molecule has 0 spiro atoms. The minimum absolute atomic E-state index is 0.450. The van der Waals surface area contributed by atoms with Crippen LogP contribution in [0.4, 0.5) is 0 Å². The maximum atomic E-state index is 5.61. The zero-order valence-corrected chi connectivity index (χ0v) is 11.4. The first-order chi connectivity index (χ1) is 7.63. The molecule has 0 fully saturated rings. The minimum Gasteiger partial charge on any atom is -0.496 e. The van der Waals surface area contributed by atoms with Gasteiger partial charge in [0.2, 0.25) is 0 Å².